The molecule has 2 aliphatic rings. The van der Waals surface area contributed by atoms with Gasteiger partial charge in [-0.25, -0.2) is 8.42 Å². The van der Waals surface area contributed by atoms with Gasteiger partial charge in [-0.1, -0.05) is 15.9 Å². The lowest BCUT2D eigenvalue weighted by Crippen LogP contribution is -2.52. The van der Waals surface area contributed by atoms with Crippen molar-refractivity contribution in [3.05, 3.63) is 27.7 Å². The van der Waals surface area contributed by atoms with E-state index in [-0.39, 0.29) is 17.7 Å². The van der Waals surface area contributed by atoms with Gasteiger partial charge in [0.15, 0.2) is 9.84 Å². The van der Waals surface area contributed by atoms with Crippen LogP contribution in [0.2, 0.25) is 0 Å². The van der Waals surface area contributed by atoms with Crippen molar-refractivity contribution < 1.29 is 13.2 Å². The molecule has 5 nitrogen and oxygen atoms in total. The molecule has 2 saturated heterocycles. The normalized spacial score (nSPS) is 23.3. The number of sulfone groups is 1. The van der Waals surface area contributed by atoms with Crippen molar-refractivity contribution in [2.24, 2.45) is 0 Å². The monoisotopic (exact) mass is 460 g/mol. The number of amides is 1. The molecule has 0 N–H and O–H groups in total. The van der Waals surface area contributed by atoms with Gasteiger partial charge in [-0.3, -0.25) is 9.69 Å². The van der Waals surface area contributed by atoms with E-state index in [0.29, 0.717) is 24.6 Å². The quantitative estimate of drug-likeness (QED) is 0.645. The van der Waals surface area contributed by atoms with E-state index >= 15 is 0 Å². The summed E-state index contributed by atoms with van der Waals surface area (Å²) in [5.74, 6) is 1.19. The van der Waals surface area contributed by atoms with E-state index in [1.165, 1.54) is 11.1 Å². The van der Waals surface area contributed by atoms with Crippen molar-refractivity contribution in [1.29, 1.82) is 0 Å². The zero-order chi connectivity index (χ0) is 18.9. The molecule has 1 aromatic rings. The number of nitrogens with zero attached hydrogens (tertiary/aromatic N) is 2. The number of hydrogen-bond acceptors (Lipinski definition) is 5. The molecule has 3 rings (SSSR count). The third-order valence-electron chi connectivity index (χ3n) is 5.20. The Bertz CT molecular complexity index is 790. The molecule has 0 aliphatic carbocycles. The van der Waals surface area contributed by atoms with Crippen LogP contribution in [0.1, 0.15) is 17.5 Å². The number of halogens is 1. The molecule has 144 valence electrons. The maximum absolute atomic E-state index is 12.5. The topological polar surface area (TPSA) is 57.7 Å². The number of benzene rings is 1. The smallest absolute Gasteiger partial charge is 0.233 e. The van der Waals surface area contributed by atoms with Gasteiger partial charge >= 0.3 is 0 Å². The van der Waals surface area contributed by atoms with E-state index < -0.39 is 9.84 Å². The summed E-state index contributed by atoms with van der Waals surface area (Å²) >= 11 is 5.13. The van der Waals surface area contributed by atoms with Crippen LogP contribution in [0.5, 0.6) is 0 Å². The molecular weight excluding hydrogens is 436 g/mol. The first-order valence-corrected chi connectivity index (χ1v) is 12.5. The largest absolute Gasteiger partial charge is 0.339 e. The highest BCUT2D eigenvalue weighted by molar-refractivity contribution is 9.10. The molecule has 1 unspecified atom stereocenters. The van der Waals surface area contributed by atoms with Gasteiger partial charge in [0, 0.05) is 41.6 Å². The number of thioether (sulfide) groups is 1. The lowest BCUT2D eigenvalue weighted by atomic mass is 10.2. The predicted molar refractivity (Wildman–Crippen MR) is 110 cm³/mol. The van der Waals surface area contributed by atoms with Crippen LogP contribution in [-0.2, 0) is 14.6 Å². The van der Waals surface area contributed by atoms with Gasteiger partial charge in [-0.15, -0.1) is 11.8 Å². The molecule has 0 radical (unpaired) electrons. The van der Waals surface area contributed by atoms with Gasteiger partial charge in [-0.05, 0) is 43.5 Å². The summed E-state index contributed by atoms with van der Waals surface area (Å²) in [4.78, 5) is 17.8. The van der Waals surface area contributed by atoms with Gasteiger partial charge in [0.05, 0.1) is 17.3 Å². The van der Waals surface area contributed by atoms with Crippen LogP contribution in [0, 0.1) is 13.8 Å². The maximum Gasteiger partial charge on any atom is 0.233 e. The molecule has 1 aromatic carbocycles. The van der Waals surface area contributed by atoms with Crippen LogP contribution < -0.4 is 0 Å². The van der Waals surface area contributed by atoms with Crippen molar-refractivity contribution in [2.45, 2.75) is 31.2 Å². The Morgan fingerprint density at radius 1 is 1.19 bits per heavy atom. The standard InChI is InChI=1S/C18H25BrN2O3S2/c1-13-10-17(14(2)9-16(13)19)25-11-18(22)21-6-4-20(5-7-21)15-3-8-26(23,24)12-15/h9-10,15H,3-8,11-12H2,1-2H3. The summed E-state index contributed by atoms with van der Waals surface area (Å²) in [6.07, 6.45) is 0.730. The summed E-state index contributed by atoms with van der Waals surface area (Å²) in [7, 11) is -2.85. The summed E-state index contributed by atoms with van der Waals surface area (Å²) in [5.41, 5.74) is 2.35. The first kappa shape index (κ1) is 20.2. The fourth-order valence-corrected chi connectivity index (χ4v) is 6.77. The van der Waals surface area contributed by atoms with E-state index in [4.69, 9.17) is 0 Å². The second-order valence-corrected chi connectivity index (χ2v) is 11.2. The minimum Gasteiger partial charge on any atom is -0.339 e. The van der Waals surface area contributed by atoms with Gasteiger partial charge in [0.2, 0.25) is 5.91 Å². The Balaban J connectivity index is 1.49. The number of hydrogen-bond donors (Lipinski definition) is 0. The number of carbonyl (C=O) groups excluding carboxylic acids is 1. The lowest BCUT2D eigenvalue weighted by Gasteiger charge is -2.37. The van der Waals surface area contributed by atoms with E-state index in [0.717, 1.165) is 28.9 Å². The van der Waals surface area contributed by atoms with Crippen LogP contribution >= 0.6 is 27.7 Å². The summed E-state index contributed by atoms with van der Waals surface area (Å²) in [5, 5.41) is 0. The summed E-state index contributed by atoms with van der Waals surface area (Å²) < 4.78 is 24.4. The molecule has 0 bridgehead atoms. The Kier molecular flexibility index (Phi) is 6.37. The van der Waals surface area contributed by atoms with Crippen molar-refractivity contribution in [3.63, 3.8) is 0 Å². The van der Waals surface area contributed by atoms with Crippen LogP contribution in [-0.4, -0.2) is 73.6 Å². The minimum atomic E-state index is -2.85. The van der Waals surface area contributed by atoms with Crippen LogP contribution in [0.4, 0.5) is 0 Å². The summed E-state index contributed by atoms with van der Waals surface area (Å²) in [6, 6.07) is 4.35. The second-order valence-electron chi connectivity index (χ2n) is 7.13. The zero-order valence-corrected chi connectivity index (χ0v) is 18.4. The highest BCUT2D eigenvalue weighted by atomic mass is 79.9. The maximum atomic E-state index is 12.5. The molecule has 2 aliphatic heterocycles. The van der Waals surface area contributed by atoms with E-state index in [1.54, 1.807) is 11.8 Å². The molecule has 2 fully saturated rings. The molecular formula is C18H25BrN2O3S2. The fraction of sp³-hybridized carbons (Fsp3) is 0.611. The average molecular weight is 461 g/mol. The SMILES string of the molecule is Cc1cc(SCC(=O)N2CCN(C3CCS(=O)(=O)C3)CC2)c(C)cc1Br. The van der Waals surface area contributed by atoms with Crippen LogP contribution in [0.15, 0.2) is 21.5 Å². The Labute approximate surface area is 168 Å². The van der Waals surface area contributed by atoms with Crippen LogP contribution in [0.3, 0.4) is 0 Å². The van der Waals surface area contributed by atoms with E-state index in [2.05, 4.69) is 46.8 Å². The van der Waals surface area contributed by atoms with E-state index in [9.17, 15) is 13.2 Å². The lowest BCUT2D eigenvalue weighted by molar-refractivity contribution is -0.130. The first-order valence-electron chi connectivity index (χ1n) is 8.87. The Morgan fingerprint density at radius 2 is 1.88 bits per heavy atom. The second kappa shape index (κ2) is 8.20. The molecule has 1 amide bonds. The van der Waals surface area contributed by atoms with Crippen molar-refractivity contribution in [1.82, 2.24) is 9.80 Å². The van der Waals surface area contributed by atoms with Crippen molar-refractivity contribution >= 4 is 43.4 Å². The van der Waals surface area contributed by atoms with Gasteiger partial charge in [0.25, 0.3) is 0 Å². The molecule has 8 heteroatoms. The average Bonchev–Trinajstić information content (AvgIpc) is 2.97. The molecule has 26 heavy (non-hydrogen) atoms. The number of rotatable bonds is 4. The van der Waals surface area contributed by atoms with Gasteiger partial charge in [-0.2, -0.15) is 0 Å². The molecule has 0 spiro atoms. The zero-order valence-electron chi connectivity index (χ0n) is 15.2. The van der Waals surface area contributed by atoms with Crippen molar-refractivity contribution in [2.75, 3.05) is 43.4 Å². The summed E-state index contributed by atoms with van der Waals surface area (Å²) in [6.45, 7) is 7.03. The van der Waals surface area contributed by atoms with Crippen LogP contribution in [0.25, 0.3) is 0 Å². The Morgan fingerprint density at radius 3 is 2.50 bits per heavy atom. The fourth-order valence-electron chi connectivity index (χ4n) is 3.54. The molecule has 0 aromatic heterocycles. The number of piperazine rings is 1. The van der Waals surface area contributed by atoms with E-state index in [1.807, 2.05) is 4.90 Å². The molecule has 1 atom stereocenters. The predicted octanol–water partition coefficient (Wildman–Crippen LogP) is 2.49. The van der Waals surface area contributed by atoms with Gasteiger partial charge in [0.1, 0.15) is 0 Å². The van der Waals surface area contributed by atoms with Crippen molar-refractivity contribution in [3.8, 4) is 0 Å². The number of aryl methyl sites for hydroxylation is 2. The third kappa shape index (κ3) is 4.82. The highest BCUT2D eigenvalue weighted by Crippen LogP contribution is 2.28. The molecule has 0 saturated carbocycles. The molecule has 2 heterocycles. The third-order valence-corrected chi connectivity index (χ3v) is 8.95. The minimum absolute atomic E-state index is 0.139. The van der Waals surface area contributed by atoms with Gasteiger partial charge < -0.3 is 4.90 Å². The first-order chi connectivity index (χ1) is 12.2. The number of carbonyl (C=O) groups is 1. The Hall–Kier alpha value is -0.570. The highest BCUT2D eigenvalue weighted by Gasteiger charge is 2.34.